The van der Waals surface area contributed by atoms with Crippen LogP contribution < -0.4 is 30.3 Å². The fraction of sp³-hybridized carbons (Fsp3) is 0.440. The average Bonchev–Trinajstić information content (AvgIpc) is 3.91. The van der Waals surface area contributed by atoms with Crippen LogP contribution in [-0.4, -0.2) is 158 Å². The molecule has 0 aliphatic carbocycles. The smallest absolute Gasteiger partial charge is 0.266 e. The quantitative estimate of drug-likeness (QED) is 0.0844. The number of thiazole rings is 1. The van der Waals surface area contributed by atoms with Crippen LogP contribution in [0.25, 0.3) is 0 Å². The fourth-order valence-electron chi connectivity index (χ4n) is 9.00. The predicted octanol–water partition coefficient (Wildman–Crippen LogP) is 4.92. The van der Waals surface area contributed by atoms with Crippen molar-refractivity contribution in [1.82, 2.24) is 35.2 Å². The number of aromatic nitrogens is 1. The van der Waals surface area contributed by atoms with E-state index in [1.54, 1.807) is 19.4 Å². The number of hydrogen-bond donors (Lipinski definition) is 3. The largest absolute Gasteiger partial charge is 0.496 e. The number of nitrogens with zero attached hydrogens (tertiary/aromatic N) is 6. The lowest BCUT2D eigenvalue weighted by molar-refractivity contribution is -0.136. The molecule has 4 aliphatic rings. The van der Waals surface area contributed by atoms with Gasteiger partial charge in [-0.1, -0.05) is 48.4 Å². The normalized spacial score (nSPS) is 17.6. The van der Waals surface area contributed by atoms with Crippen LogP contribution in [0.2, 0.25) is 0 Å². The molecule has 18 nitrogen and oxygen atoms in total. The van der Waals surface area contributed by atoms with Crippen LogP contribution in [0.4, 0.5) is 10.8 Å². The summed E-state index contributed by atoms with van der Waals surface area (Å²) in [5, 5.41) is 8.48. The van der Waals surface area contributed by atoms with Crippen LogP contribution in [-0.2, 0) is 14.4 Å². The van der Waals surface area contributed by atoms with Gasteiger partial charge in [0.05, 0.1) is 34.2 Å². The molecule has 4 aliphatic heterocycles. The molecule has 0 saturated carbocycles. The number of aryl methyl sites for hydroxylation is 1. The van der Waals surface area contributed by atoms with Gasteiger partial charge in [0.25, 0.3) is 29.5 Å². The second-order valence-corrected chi connectivity index (χ2v) is 20.2. The van der Waals surface area contributed by atoms with E-state index in [1.165, 1.54) is 35.2 Å². The summed E-state index contributed by atoms with van der Waals surface area (Å²) in [6, 6.07) is 15.0. The number of benzene rings is 3. The Morgan fingerprint density at radius 3 is 2.36 bits per heavy atom. The molecule has 3 N–H and O–H groups in total. The minimum absolute atomic E-state index is 0.00790. The highest BCUT2D eigenvalue weighted by Crippen LogP contribution is 2.39. The Bertz CT molecular complexity index is 2610. The molecule has 370 valence electrons. The van der Waals surface area contributed by atoms with E-state index >= 15 is 0 Å². The predicted molar refractivity (Wildman–Crippen MR) is 265 cm³/mol. The molecule has 3 saturated heterocycles. The van der Waals surface area contributed by atoms with E-state index < -0.39 is 29.7 Å². The number of piperazine rings is 2. The Morgan fingerprint density at radius 1 is 0.871 bits per heavy atom. The van der Waals surface area contributed by atoms with Crippen LogP contribution in [0.3, 0.4) is 0 Å². The number of ether oxygens (including phenoxy) is 2. The summed E-state index contributed by atoms with van der Waals surface area (Å²) in [7, 11) is 3.64. The summed E-state index contributed by atoms with van der Waals surface area (Å²) >= 11 is 2.90. The van der Waals surface area contributed by atoms with Crippen LogP contribution in [0.15, 0.2) is 69.9 Å². The van der Waals surface area contributed by atoms with E-state index in [0.717, 1.165) is 103 Å². The zero-order valence-electron chi connectivity index (χ0n) is 39.8. The van der Waals surface area contributed by atoms with Crippen LogP contribution in [0, 0.1) is 6.92 Å². The fourth-order valence-corrected chi connectivity index (χ4v) is 10.9. The van der Waals surface area contributed by atoms with E-state index in [0.29, 0.717) is 41.6 Å². The van der Waals surface area contributed by atoms with Gasteiger partial charge >= 0.3 is 0 Å². The molecule has 8 rings (SSSR count). The molecule has 0 radical (unpaired) electrons. The second-order valence-electron chi connectivity index (χ2n) is 17.9. The summed E-state index contributed by atoms with van der Waals surface area (Å²) in [6.45, 7) is 9.89. The molecule has 70 heavy (non-hydrogen) atoms. The monoisotopic (exact) mass is 993 g/mol. The summed E-state index contributed by atoms with van der Waals surface area (Å²) in [5.74, 6) is -2.43. The van der Waals surface area contributed by atoms with Gasteiger partial charge in [-0.05, 0) is 93.9 Å². The van der Waals surface area contributed by atoms with Crippen molar-refractivity contribution in [3.63, 3.8) is 0 Å². The van der Waals surface area contributed by atoms with Gasteiger partial charge in [-0.15, -0.1) is 0 Å². The number of nitrogens with one attached hydrogen (secondary N) is 3. The van der Waals surface area contributed by atoms with Gasteiger partial charge in [0, 0.05) is 81.5 Å². The SMILES string of the molecule is COc1cc(C)c(Sc2cnc(NC(=O)c3ccc(N4CCN(CCCCCCCNC(=O)COc5cccc6c5C(=O)N(C5CCC(=O)NC5=O)C6=O)CC4)cc3)s2)cc1C(=O)N1CCN(C)CC1. The van der Waals surface area contributed by atoms with Crippen molar-refractivity contribution in [3.8, 4) is 11.5 Å². The number of rotatable bonds is 19. The van der Waals surface area contributed by atoms with Crippen LogP contribution >= 0.6 is 23.1 Å². The van der Waals surface area contributed by atoms with Crippen LogP contribution in [0.5, 0.6) is 11.5 Å². The number of piperidine rings is 1. The first-order valence-electron chi connectivity index (χ1n) is 23.8. The van der Waals surface area contributed by atoms with Gasteiger partial charge in [0.1, 0.15) is 17.5 Å². The standard InChI is InChI=1S/C50H59N9O9S2/c1-32-28-39(67-3)36(47(64)58-24-20-55(2)21-25-58)29-40(32)69-43-30-52-50(70-43)54-45(62)33-12-14-34(15-13-33)57-26-22-56(23-27-57)19-8-6-4-5-7-18-51-42(61)31-68-38-11-9-10-35-44(38)49(66)59(48(35)65)37-16-17-41(60)53-46(37)63/h9-15,28-30,37H,4-8,16-27,31H2,1-3H3,(H,51,61)(H,52,54,62)(H,53,60,63). The van der Waals surface area contributed by atoms with Crippen LogP contribution in [0.1, 0.15) is 91.9 Å². The number of methoxy groups -OCH3 is 1. The van der Waals surface area contributed by atoms with Crippen molar-refractivity contribution < 1.29 is 43.0 Å². The van der Waals surface area contributed by atoms with E-state index in [2.05, 4.69) is 42.7 Å². The second kappa shape index (κ2) is 23.0. The third-order valence-corrected chi connectivity index (χ3v) is 15.2. The molecule has 1 aromatic heterocycles. The molecule has 4 aromatic rings. The Labute approximate surface area is 415 Å². The zero-order valence-corrected chi connectivity index (χ0v) is 41.4. The van der Waals surface area contributed by atoms with Gasteiger partial charge in [0.15, 0.2) is 11.7 Å². The zero-order chi connectivity index (χ0) is 49.3. The maximum absolute atomic E-state index is 13.5. The lowest BCUT2D eigenvalue weighted by atomic mass is 10.0. The van der Waals surface area contributed by atoms with E-state index in [-0.39, 0.29) is 54.0 Å². The Hall–Kier alpha value is -6.35. The molecule has 3 fully saturated rings. The molecular formula is C50H59N9O9S2. The third-order valence-electron chi connectivity index (χ3n) is 13.1. The Kier molecular flexibility index (Phi) is 16.5. The van der Waals surface area contributed by atoms with Crippen molar-refractivity contribution in [2.24, 2.45) is 0 Å². The molecule has 5 heterocycles. The summed E-state index contributed by atoms with van der Waals surface area (Å²) in [4.78, 5) is 105. The molecule has 3 aromatic carbocycles. The summed E-state index contributed by atoms with van der Waals surface area (Å²) in [6.07, 6.45) is 6.83. The van der Waals surface area contributed by atoms with Crippen molar-refractivity contribution in [2.75, 3.05) is 96.4 Å². The van der Waals surface area contributed by atoms with E-state index in [4.69, 9.17) is 9.47 Å². The van der Waals surface area contributed by atoms with Gasteiger partial charge in [-0.3, -0.25) is 54.0 Å². The lowest BCUT2D eigenvalue weighted by Crippen LogP contribution is -2.54. The number of carbonyl (C=O) groups excluding carboxylic acids is 7. The first kappa shape index (κ1) is 50.1. The average molecular weight is 994 g/mol. The highest BCUT2D eigenvalue weighted by Gasteiger charge is 2.46. The number of anilines is 2. The lowest BCUT2D eigenvalue weighted by Gasteiger charge is -2.36. The molecule has 1 unspecified atom stereocenters. The van der Waals surface area contributed by atoms with Gasteiger partial charge in [-0.25, -0.2) is 4.98 Å². The summed E-state index contributed by atoms with van der Waals surface area (Å²) in [5.41, 5.74) is 3.25. The van der Waals surface area contributed by atoms with Crippen molar-refractivity contribution in [3.05, 3.63) is 88.6 Å². The minimum atomic E-state index is -1.09. The van der Waals surface area contributed by atoms with Gasteiger partial charge in [0.2, 0.25) is 11.8 Å². The van der Waals surface area contributed by atoms with E-state index in [1.807, 2.05) is 48.2 Å². The minimum Gasteiger partial charge on any atom is -0.496 e. The first-order valence-corrected chi connectivity index (χ1v) is 25.4. The van der Waals surface area contributed by atoms with Gasteiger partial charge < -0.3 is 29.5 Å². The highest BCUT2D eigenvalue weighted by molar-refractivity contribution is 8.01. The number of hydrogen-bond acceptors (Lipinski definition) is 15. The highest BCUT2D eigenvalue weighted by atomic mass is 32.2. The van der Waals surface area contributed by atoms with Crippen molar-refractivity contribution in [2.45, 2.75) is 67.0 Å². The molecule has 1 atom stereocenters. The molecular weight excluding hydrogens is 935 g/mol. The number of fused-ring (bicyclic) bond motifs is 1. The molecule has 20 heteroatoms. The van der Waals surface area contributed by atoms with E-state index in [9.17, 15) is 33.6 Å². The number of likely N-dealkylation sites (N-methyl/N-ethyl adjacent to an activating group) is 1. The molecule has 0 spiro atoms. The van der Waals surface area contributed by atoms with Crippen molar-refractivity contribution in [1.29, 1.82) is 0 Å². The molecule has 0 bridgehead atoms. The van der Waals surface area contributed by atoms with Gasteiger partial charge in [-0.2, -0.15) is 0 Å². The number of unbranched alkanes of at least 4 members (excludes halogenated alkanes) is 4. The Balaban J connectivity index is 0.692. The number of amides is 7. The maximum atomic E-state index is 13.5. The first-order chi connectivity index (χ1) is 33.9. The third kappa shape index (κ3) is 12.0. The summed E-state index contributed by atoms with van der Waals surface area (Å²) < 4.78 is 12.2. The Morgan fingerprint density at radius 2 is 1.61 bits per heavy atom. The number of carbonyl (C=O) groups is 7. The maximum Gasteiger partial charge on any atom is 0.266 e. The molecule has 7 amide bonds. The number of imide groups is 2. The topological polar surface area (TPSA) is 203 Å². The van der Waals surface area contributed by atoms with Crippen molar-refractivity contribution >= 4 is 75.3 Å².